The summed E-state index contributed by atoms with van der Waals surface area (Å²) in [7, 11) is 0. The second kappa shape index (κ2) is 11.6. The van der Waals surface area contributed by atoms with Gasteiger partial charge in [0.05, 0.1) is 0 Å². The van der Waals surface area contributed by atoms with Crippen LogP contribution in [-0.2, 0) is 12.8 Å². The molecule has 4 rings (SSSR count). The molecule has 4 heterocycles. The highest BCUT2D eigenvalue weighted by molar-refractivity contribution is 7.82. The number of amides is 2. The van der Waals surface area contributed by atoms with Gasteiger partial charge in [-0.1, -0.05) is 23.0 Å². The maximum Gasteiger partial charge on any atom is 0.323 e. The number of rotatable bonds is 12. The first-order valence-electron chi connectivity index (χ1n) is 10.7. The largest absolute Gasteiger partial charge is 0.338 e. The molecule has 15 heteroatoms. The van der Waals surface area contributed by atoms with Gasteiger partial charge in [0.25, 0.3) is 0 Å². The lowest BCUT2D eigenvalue weighted by atomic mass is 10.2. The summed E-state index contributed by atoms with van der Waals surface area (Å²) in [5, 5.41) is 30.7. The van der Waals surface area contributed by atoms with Gasteiger partial charge in [-0.3, -0.25) is 4.90 Å². The molecule has 0 aromatic carbocycles. The predicted molar refractivity (Wildman–Crippen MR) is 124 cm³/mol. The zero-order valence-corrected chi connectivity index (χ0v) is 19.5. The van der Waals surface area contributed by atoms with Crippen LogP contribution in [0.15, 0.2) is 16.5 Å². The van der Waals surface area contributed by atoms with Gasteiger partial charge in [-0.2, -0.15) is 5.21 Å². The molecule has 0 aliphatic carbocycles. The van der Waals surface area contributed by atoms with Crippen molar-refractivity contribution in [3.05, 3.63) is 23.8 Å². The summed E-state index contributed by atoms with van der Waals surface area (Å²) in [6.45, 7) is 1.10. The molecule has 13 nitrogen and oxygen atoms in total. The van der Waals surface area contributed by atoms with E-state index in [0.29, 0.717) is 35.5 Å². The highest BCUT2D eigenvalue weighted by atomic mass is 32.2. The summed E-state index contributed by atoms with van der Waals surface area (Å²) < 4.78 is 0.645. The molecule has 0 saturated carbocycles. The molecule has 33 heavy (non-hydrogen) atoms. The molecular weight excluding hydrogens is 464 g/mol. The van der Waals surface area contributed by atoms with Gasteiger partial charge in [-0.25, -0.2) is 19.9 Å². The van der Waals surface area contributed by atoms with E-state index >= 15 is 0 Å². The molecule has 0 bridgehead atoms. The summed E-state index contributed by atoms with van der Waals surface area (Å²) >= 11 is 5.69. The highest BCUT2D eigenvalue weighted by Crippen LogP contribution is 2.25. The molecule has 0 aliphatic rings. The van der Waals surface area contributed by atoms with Crippen LogP contribution in [0.2, 0.25) is 0 Å². The molecule has 4 aromatic heterocycles. The van der Waals surface area contributed by atoms with Crippen molar-refractivity contribution in [3.63, 3.8) is 0 Å². The van der Waals surface area contributed by atoms with E-state index in [1.165, 1.54) is 11.3 Å². The number of unbranched alkanes of at least 4 members (excludes halogenated alkanes) is 3. The minimum Gasteiger partial charge on any atom is -0.338 e. The van der Waals surface area contributed by atoms with Crippen molar-refractivity contribution in [2.45, 2.75) is 49.3 Å². The number of H-pyrrole nitrogens is 2. The van der Waals surface area contributed by atoms with E-state index in [9.17, 15) is 4.79 Å². The molecular formula is C18H24N12OS2. The quantitative estimate of drug-likeness (QED) is 0.172. The molecule has 0 radical (unpaired) electrons. The van der Waals surface area contributed by atoms with Crippen LogP contribution in [0.5, 0.6) is 0 Å². The molecule has 0 unspecified atom stereocenters. The first kappa shape index (κ1) is 23.0. The van der Waals surface area contributed by atoms with Crippen LogP contribution < -0.4 is 10.2 Å². The standard InChI is InChI=1S/C18H24N12OS2/c31-17(19-10-4-1-2-6-13-22-26-27-23-13)30(11-5-3-7-14-24-28-29-25-14)15-9-8-12-16(21-15)33-18(32)20-12/h8-9H,1-7,10-11H2,(H,19,31)(H,20,32)(H,22,23,26,27)(H,24,25,28,29). The monoisotopic (exact) mass is 488 g/mol. The van der Waals surface area contributed by atoms with E-state index in [4.69, 9.17) is 0 Å². The first-order valence-corrected chi connectivity index (χ1v) is 11.9. The number of carbonyl (C=O) groups excluding carboxylic acids is 1. The van der Waals surface area contributed by atoms with E-state index in [-0.39, 0.29) is 6.03 Å². The first-order chi connectivity index (χ1) is 16.2. The summed E-state index contributed by atoms with van der Waals surface area (Å²) in [5.41, 5.74) is 0.771. The molecule has 4 aromatic rings. The highest BCUT2D eigenvalue weighted by Gasteiger charge is 2.18. The number of anilines is 1. The molecule has 0 saturated heterocycles. The summed E-state index contributed by atoms with van der Waals surface area (Å²) in [6.07, 6.45) is 5.85. The molecule has 0 aliphatic heterocycles. The number of aryl methyl sites for hydroxylation is 2. The number of aromatic nitrogens is 10. The number of aromatic amines is 2. The Morgan fingerprint density at radius 2 is 1.97 bits per heavy atom. The van der Waals surface area contributed by atoms with Gasteiger partial charge in [0.2, 0.25) is 0 Å². The van der Waals surface area contributed by atoms with Gasteiger partial charge in [-0.15, -0.1) is 27.9 Å². The van der Waals surface area contributed by atoms with Gasteiger partial charge in [-0.05, 0) is 48.2 Å². The van der Waals surface area contributed by atoms with Crippen molar-refractivity contribution in [2.75, 3.05) is 18.0 Å². The number of thiazole rings is 1. The smallest absolute Gasteiger partial charge is 0.323 e. The number of nitrogens with zero attached hydrogens (tertiary/aromatic N) is 9. The fraction of sp³-hybridized carbons (Fsp3) is 0.500. The third-order valence-corrected chi connectivity index (χ3v) is 6.07. The third kappa shape index (κ3) is 6.64. The number of urea groups is 1. The number of hydrogen-bond donors (Lipinski definition) is 4. The van der Waals surface area contributed by atoms with Crippen LogP contribution in [0.25, 0.3) is 10.3 Å². The van der Waals surface area contributed by atoms with Crippen LogP contribution in [0.3, 0.4) is 0 Å². The van der Waals surface area contributed by atoms with E-state index in [2.05, 4.69) is 69.2 Å². The Labute approximate surface area is 198 Å². The van der Waals surface area contributed by atoms with Gasteiger partial charge < -0.3 is 5.32 Å². The minimum absolute atomic E-state index is 0.170. The van der Waals surface area contributed by atoms with Gasteiger partial charge in [0.1, 0.15) is 26.3 Å². The minimum atomic E-state index is -0.170. The Hall–Kier alpha value is -3.20. The van der Waals surface area contributed by atoms with Crippen LogP contribution in [0.1, 0.15) is 43.8 Å². The molecule has 0 fully saturated rings. The summed E-state index contributed by atoms with van der Waals surface area (Å²) in [6, 6.07) is 3.52. The lowest BCUT2D eigenvalue weighted by Gasteiger charge is -2.22. The van der Waals surface area contributed by atoms with E-state index < -0.39 is 0 Å². The van der Waals surface area contributed by atoms with E-state index in [1.807, 2.05) is 12.1 Å². The fourth-order valence-corrected chi connectivity index (χ4v) is 4.32. The lowest BCUT2D eigenvalue weighted by Crippen LogP contribution is -2.41. The molecule has 174 valence electrons. The lowest BCUT2D eigenvalue weighted by molar-refractivity contribution is 0.245. The molecule has 0 spiro atoms. The Morgan fingerprint density at radius 1 is 1.06 bits per heavy atom. The topological polar surface area (TPSA) is 167 Å². The van der Waals surface area contributed by atoms with Crippen molar-refractivity contribution in [1.29, 1.82) is 0 Å². The van der Waals surface area contributed by atoms with E-state index in [0.717, 1.165) is 54.7 Å². The molecule has 0 atom stereocenters. The second-order valence-electron chi connectivity index (χ2n) is 7.32. The van der Waals surface area contributed by atoms with Gasteiger partial charge in [0.15, 0.2) is 5.82 Å². The SMILES string of the molecule is O=C(NCCCCCc1nnn[nH]1)N(CCCCc1nn[nH]n1)c1ccc2nc(S)sc2n1. The van der Waals surface area contributed by atoms with Crippen molar-refractivity contribution >= 4 is 46.2 Å². The predicted octanol–water partition coefficient (Wildman–Crippen LogP) is 1.96. The number of carbonyl (C=O) groups is 1. The Balaban J connectivity index is 1.30. The second-order valence-corrected chi connectivity index (χ2v) is 9.02. The Kier molecular flexibility index (Phi) is 8.08. The van der Waals surface area contributed by atoms with Crippen LogP contribution >= 0.6 is 24.0 Å². The third-order valence-electron chi connectivity index (χ3n) is 4.93. The van der Waals surface area contributed by atoms with Gasteiger partial charge in [0, 0.05) is 25.9 Å². The van der Waals surface area contributed by atoms with Crippen LogP contribution in [0.4, 0.5) is 10.6 Å². The zero-order chi connectivity index (χ0) is 22.9. The van der Waals surface area contributed by atoms with E-state index in [1.54, 1.807) is 4.90 Å². The number of nitrogens with one attached hydrogen (secondary N) is 3. The molecule has 2 amide bonds. The van der Waals surface area contributed by atoms with Crippen molar-refractivity contribution < 1.29 is 4.79 Å². The maximum absolute atomic E-state index is 13.0. The molecule has 3 N–H and O–H groups in total. The van der Waals surface area contributed by atoms with Crippen LogP contribution in [0, 0.1) is 0 Å². The van der Waals surface area contributed by atoms with Crippen molar-refractivity contribution in [3.8, 4) is 0 Å². The number of hydrogen-bond acceptors (Lipinski definition) is 11. The summed E-state index contributed by atoms with van der Waals surface area (Å²) in [5.74, 6) is 2.03. The average molecular weight is 489 g/mol. The van der Waals surface area contributed by atoms with Crippen molar-refractivity contribution in [1.82, 2.24) is 56.5 Å². The normalized spacial score (nSPS) is 11.2. The fourth-order valence-electron chi connectivity index (χ4n) is 3.28. The van der Waals surface area contributed by atoms with Gasteiger partial charge >= 0.3 is 6.03 Å². The number of pyridine rings is 1. The van der Waals surface area contributed by atoms with Crippen LogP contribution in [-0.4, -0.2) is 70.3 Å². The van der Waals surface area contributed by atoms with Crippen molar-refractivity contribution in [2.24, 2.45) is 0 Å². The average Bonchev–Trinajstić information content (AvgIpc) is 3.57. The number of thiol groups is 1. The Bertz CT molecular complexity index is 1130. The number of fused-ring (bicyclic) bond motifs is 1. The summed E-state index contributed by atoms with van der Waals surface area (Å²) in [4.78, 5) is 24.4. The maximum atomic E-state index is 13.0. The number of tetrazole rings is 2. The Morgan fingerprint density at radius 3 is 2.79 bits per heavy atom. The zero-order valence-electron chi connectivity index (χ0n) is 17.8.